The first-order valence-electron chi connectivity index (χ1n) is 4.37. The van der Waals surface area contributed by atoms with Crippen LogP contribution in [-0.2, 0) is 4.74 Å². The highest BCUT2D eigenvalue weighted by Crippen LogP contribution is 2.17. The lowest BCUT2D eigenvalue weighted by molar-refractivity contribution is 0.0372. The average Bonchev–Trinajstić information content (AvgIpc) is 2.09. The van der Waals surface area contributed by atoms with Crippen molar-refractivity contribution >= 4 is 11.7 Å². The minimum atomic E-state index is -0.979. The van der Waals surface area contributed by atoms with Crippen LogP contribution in [0.2, 0.25) is 0 Å². The molecule has 0 saturated heterocycles. The molecule has 0 aliphatic heterocycles. The quantitative estimate of drug-likeness (QED) is 0.607. The minimum absolute atomic E-state index is 0.285. The van der Waals surface area contributed by atoms with Gasteiger partial charge < -0.3 is 10.5 Å². The Morgan fingerprint density at radius 3 is 2.47 bits per heavy atom. The number of nitrogen functional groups attached to an aromatic ring is 1. The fraction of sp³-hybridized carbons (Fsp3) is 0.300. The second-order valence-corrected chi connectivity index (χ2v) is 3.31. The van der Waals surface area contributed by atoms with Crippen LogP contribution >= 0.6 is 0 Å². The van der Waals surface area contributed by atoms with Crippen molar-refractivity contribution in [3.05, 3.63) is 29.3 Å². The minimum Gasteiger partial charge on any atom is -0.459 e. The van der Waals surface area contributed by atoms with Crippen LogP contribution in [-0.4, -0.2) is 12.1 Å². The van der Waals surface area contributed by atoms with Gasteiger partial charge in [0.2, 0.25) is 0 Å². The highest BCUT2D eigenvalue weighted by Gasteiger charge is 2.17. The molecule has 5 heteroatoms. The normalized spacial score (nSPS) is 10.5. The molecule has 3 nitrogen and oxygen atoms in total. The van der Waals surface area contributed by atoms with Gasteiger partial charge >= 0.3 is 5.97 Å². The molecule has 0 amide bonds. The van der Waals surface area contributed by atoms with Gasteiger partial charge in [-0.3, -0.25) is 0 Å². The molecule has 0 aromatic heterocycles. The summed E-state index contributed by atoms with van der Waals surface area (Å²) in [6.45, 7) is 3.26. The van der Waals surface area contributed by atoms with Crippen molar-refractivity contribution < 1.29 is 18.3 Å². The van der Waals surface area contributed by atoms with Gasteiger partial charge in [-0.05, 0) is 19.9 Å². The largest absolute Gasteiger partial charge is 0.459 e. The highest BCUT2D eigenvalue weighted by atomic mass is 19.1. The smallest absolute Gasteiger partial charge is 0.341 e. The van der Waals surface area contributed by atoms with Gasteiger partial charge in [0.05, 0.1) is 17.4 Å². The third-order valence-electron chi connectivity index (χ3n) is 1.65. The van der Waals surface area contributed by atoms with E-state index in [9.17, 15) is 13.6 Å². The van der Waals surface area contributed by atoms with E-state index < -0.39 is 17.6 Å². The molecule has 1 aromatic rings. The molecule has 2 N–H and O–H groups in total. The van der Waals surface area contributed by atoms with Crippen molar-refractivity contribution in [2.75, 3.05) is 5.73 Å². The molecule has 0 heterocycles. The molecule has 0 saturated carbocycles. The fourth-order valence-electron chi connectivity index (χ4n) is 1.000. The number of carbonyl (C=O) groups is 1. The summed E-state index contributed by atoms with van der Waals surface area (Å²) in [6, 6.07) is 1.49. The molecule has 0 radical (unpaired) electrons. The van der Waals surface area contributed by atoms with Crippen molar-refractivity contribution in [2.45, 2.75) is 20.0 Å². The highest BCUT2D eigenvalue weighted by molar-refractivity contribution is 5.90. The lowest BCUT2D eigenvalue weighted by atomic mass is 10.2. The van der Waals surface area contributed by atoms with Crippen LogP contribution in [0, 0.1) is 11.6 Å². The van der Waals surface area contributed by atoms with E-state index in [0.717, 1.165) is 6.07 Å². The Balaban J connectivity index is 3.04. The van der Waals surface area contributed by atoms with Crippen molar-refractivity contribution in [2.24, 2.45) is 0 Å². The van der Waals surface area contributed by atoms with Crippen LogP contribution in [0.25, 0.3) is 0 Å². The number of esters is 1. The molecule has 15 heavy (non-hydrogen) atoms. The molecule has 1 rings (SSSR count). The van der Waals surface area contributed by atoms with Gasteiger partial charge in [0.15, 0.2) is 0 Å². The number of ether oxygens (including phenoxy) is 1. The number of nitrogens with two attached hydrogens (primary N) is 1. The third kappa shape index (κ3) is 2.65. The van der Waals surface area contributed by atoms with Crippen LogP contribution in [0.15, 0.2) is 12.1 Å². The number of hydrogen-bond donors (Lipinski definition) is 1. The van der Waals surface area contributed by atoms with Crippen LogP contribution < -0.4 is 5.73 Å². The SMILES string of the molecule is CC(C)OC(=O)c1cc(N)c(F)cc1F. The maximum atomic E-state index is 13.1. The molecule has 82 valence electrons. The van der Waals surface area contributed by atoms with E-state index in [1.165, 1.54) is 0 Å². The van der Waals surface area contributed by atoms with Crippen LogP contribution in [0.3, 0.4) is 0 Å². The van der Waals surface area contributed by atoms with E-state index in [2.05, 4.69) is 0 Å². The number of hydrogen-bond acceptors (Lipinski definition) is 3. The first-order valence-corrected chi connectivity index (χ1v) is 4.37. The maximum absolute atomic E-state index is 13.1. The zero-order chi connectivity index (χ0) is 11.6. The van der Waals surface area contributed by atoms with Gasteiger partial charge in [0, 0.05) is 6.07 Å². The molecule has 0 aliphatic rings. The summed E-state index contributed by atoms with van der Waals surface area (Å²) in [6.07, 6.45) is -0.372. The number of benzene rings is 1. The summed E-state index contributed by atoms with van der Waals surface area (Å²) in [5.74, 6) is -2.73. The van der Waals surface area contributed by atoms with Gasteiger partial charge in [0.25, 0.3) is 0 Å². The first kappa shape index (κ1) is 11.4. The molecule has 0 unspecified atom stereocenters. The van der Waals surface area contributed by atoms with Crippen molar-refractivity contribution in [3.8, 4) is 0 Å². The Bertz CT molecular complexity index is 391. The molecule has 0 fully saturated rings. The van der Waals surface area contributed by atoms with Crippen LogP contribution in [0.5, 0.6) is 0 Å². The van der Waals surface area contributed by atoms with Gasteiger partial charge in [-0.25, -0.2) is 13.6 Å². The van der Waals surface area contributed by atoms with Crippen molar-refractivity contribution in [3.63, 3.8) is 0 Å². The number of carbonyl (C=O) groups excluding carboxylic acids is 1. The maximum Gasteiger partial charge on any atom is 0.341 e. The monoisotopic (exact) mass is 215 g/mol. The molecule has 0 atom stereocenters. The van der Waals surface area contributed by atoms with E-state index in [0.29, 0.717) is 6.07 Å². The lowest BCUT2D eigenvalue weighted by Gasteiger charge is -2.09. The van der Waals surface area contributed by atoms with E-state index in [-0.39, 0.29) is 17.4 Å². The van der Waals surface area contributed by atoms with Crippen LogP contribution in [0.1, 0.15) is 24.2 Å². The topological polar surface area (TPSA) is 52.3 Å². The molecule has 0 bridgehead atoms. The summed E-state index contributed by atoms with van der Waals surface area (Å²) in [5.41, 5.74) is 4.56. The lowest BCUT2D eigenvalue weighted by Crippen LogP contribution is -2.14. The summed E-state index contributed by atoms with van der Waals surface area (Å²) in [5, 5.41) is 0. The summed E-state index contributed by atoms with van der Waals surface area (Å²) < 4.78 is 30.7. The molecular formula is C10H11F2NO2. The summed E-state index contributed by atoms with van der Waals surface area (Å²) >= 11 is 0. The van der Waals surface area contributed by atoms with E-state index in [1.807, 2.05) is 0 Å². The predicted octanol–water partition coefficient (Wildman–Crippen LogP) is 2.11. The van der Waals surface area contributed by atoms with Crippen molar-refractivity contribution in [1.82, 2.24) is 0 Å². The zero-order valence-electron chi connectivity index (χ0n) is 8.38. The number of halogens is 2. The Morgan fingerprint density at radius 2 is 1.93 bits per heavy atom. The zero-order valence-corrected chi connectivity index (χ0v) is 8.38. The number of anilines is 1. The van der Waals surface area contributed by atoms with Crippen LogP contribution in [0.4, 0.5) is 14.5 Å². The molecule has 0 spiro atoms. The summed E-state index contributed by atoms with van der Waals surface area (Å²) in [7, 11) is 0. The molecule has 1 aromatic carbocycles. The molecular weight excluding hydrogens is 204 g/mol. The Hall–Kier alpha value is -1.65. The standard InChI is InChI=1S/C10H11F2NO2/c1-5(2)15-10(14)6-3-9(13)8(12)4-7(6)11/h3-5H,13H2,1-2H3. The fourth-order valence-corrected chi connectivity index (χ4v) is 1.000. The second kappa shape index (κ2) is 4.25. The Morgan fingerprint density at radius 1 is 1.33 bits per heavy atom. The van der Waals surface area contributed by atoms with Gasteiger partial charge in [-0.1, -0.05) is 0 Å². The van der Waals surface area contributed by atoms with Gasteiger partial charge in [-0.15, -0.1) is 0 Å². The first-order chi connectivity index (χ1) is 6.91. The second-order valence-electron chi connectivity index (χ2n) is 3.31. The third-order valence-corrected chi connectivity index (χ3v) is 1.65. The molecule has 0 aliphatic carbocycles. The van der Waals surface area contributed by atoms with E-state index >= 15 is 0 Å². The average molecular weight is 215 g/mol. The summed E-state index contributed by atoms with van der Waals surface area (Å²) in [4.78, 5) is 11.3. The Labute approximate surface area is 85.8 Å². The van der Waals surface area contributed by atoms with Gasteiger partial charge in [0.1, 0.15) is 11.6 Å². The van der Waals surface area contributed by atoms with Crippen molar-refractivity contribution in [1.29, 1.82) is 0 Å². The Kier molecular flexibility index (Phi) is 3.24. The predicted molar refractivity (Wildman–Crippen MR) is 51.3 cm³/mol. The van der Waals surface area contributed by atoms with Gasteiger partial charge in [-0.2, -0.15) is 0 Å². The van der Waals surface area contributed by atoms with E-state index in [1.54, 1.807) is 13.8 Å². The van der Waals surface area contributed by atoms with E-state index in [4.69, 9.17) is 10.5 Å². The number of rotatable bonds is 2.